The maximum absolute atomic E-state index is 11.1. The number of hydrogen-bond donors (Lipinski definition) is 0. The first-order chi connectivity index (χ1) is 9.78. The van der Waals surface area contributed by atoms with E-state index in [1.54, 1.807) is 7.11 Å². The minimum Gasteiger partial charge on any atom is -0.496 e. The van der Waals surface area contributed by atoms with E-state index in [1.165, 1.54) is 18.4 Å². The van der Waals surface area contributed by atoms with Crippen molar-refractivity contribution in [3.8, 4) is 16.9 Å². The van der Waals surface area contributed by atoms with Crippen LogP contribution in [0.2, 0.25) is 0 Å². The van der Waals surface area contributed by atoms with E-state index in [0.29, 0.717) is 11.3 Å². The van der Waals surface area contributed by atoms with E-state index in [0.717, 1.165) is 23.8 Å². The molecule has 2 rings (SSSR count). The highest BCUT2D eigenvalue weighted by molar-refractivity contribution is 5.83. The molecule has 0 aliphatic heterocycles. The molecular formula is C18H20O2. The summed E-state index contributed by atoms with van der Waals surface area (Å²) < 4.78 is 5.16. The van der Waals surface area contributed by atoms with Crippen LogP contribution in [0.4, 0.5) is 0 Å². The SMILES string of the molecule is CCCCc1ccc(-c2ccc(OC)c(C=O)c2)cc1. The summed E-state index contributed by atoms with van der Waals surface area (Å²) in [6.45, 7) is 2.20. The Morgan fingerprint density at radius 1 is 1.05 bits per heavy atom. The summed E-state index contributed by atoms with van der Waals surface area (Å²) in [5, 5.41) is 0. The summed E-state index contributed by atoms with van der Waals surface area (Å²) in [4.78, 5) is 11.1. The summed E-state index contributed by atoms with van der Waals surface area (Å²) in [7, 11) is 1.57. The zero-order valence-corrected chi connectivity index (χ0v) is 12.1. The first-order valence-corrected chi connectivity index (χ1v) is 7.01. The van der Waals surface area contributed by atoms with Gasteiger partial charge in [0.2, 0.25) is 0 Å². The summed E-state index contributed by atoms with van der Waals surface area (Å²) in [5.41, 5.74) is 4.10. The number of rotatable bonds is 6. The standard InChI is InChI=1S/C18H20O2/c1-3-4-5-14-6-8-15(9-7-14)16-10-11-18(20-2)17(12-16)13-19/h6-13H,3-5H2,1-2H3. The molecule has 2 nitrogen and oxygen atoms in total. The van der Waals surface area contributed by atoms with Crippen molar-refractivity contribution in [1.29, 1.82) is 0 Å². The highest BCUT2D eigenvalue weighted by Crippen LogP contribution is 2.26. The number of carbonyl (C=O) groups is 1. The molecule has 20 heavy (non-hydrogen) atoms. The van der Waals surface area contributed by atoms with Gasteiger partial charge in [-0.2, -0.15) is 0 Å². The largest absolute Gasteiger partial charge is 0.496 e. The molecule has 104 valence electrons. The average molecular weight is 268 g/mol. The highest BCUT2D eigenvalue weighted by Gasteiger charge is 2.05. The molecule has 0 fully saturated rings. The quantitative estimate of drug-likeness (QED) is 0.720. The second-order valence-electron chi connectivity index (χ2n) is 4.88. The van der Waals surface area contributed by atoms with Crippen LogP contribution in [-0.4, -0.2) is 13.4 Å². The number of unbranched alkanes of at least 4 members (excludes halogenated alkanes) is 1. The number of benzene rings is 2. The molecule has 0 unspecified atom stereocenters. The van der Waals surface area contributed by atoms with E-state index >= 15 is 0 Å². The van der Waals surface area contributed by atoms with Gasteiger partial charge in [-0.25, -0.2) is 0 Å². The minimum atomic E-state index is 0.583. The van der Waals surface area contributed by atoms with Gasteiger partial charge in [-0.1, -0.05) is 43.7 Å². The van der Waals surface area contributed by atoms with E-state index in [2.05, 4.69) is 31.2 Å². The van der Waals surface area contributed by atoms with Crippen LogP contribution < -0.4 is 4.74 Å². The molecule has 0 N–H and O–H groups in total. The Labute approximate surface area is 120 Å². The number of methoxy groups -OCH3 is 1. The van der Waals surface area contributed by atoms with Gasteiger partial charge in [-0.15, -0.1) is 0 Å². The Morgan fingerprint density at radius 2 is 1.75 bits per heavy atom. The predicted molar refractivity (Wildman–Crippen MR) is 82.4 cm³/mol. The van der Waals surface area contributed by atoms with Crippen molar-refractivity contribution in [2.45, 2.75) is 26.2 Å². The molecule has 0 aromatic heterocycles. The lowest BCUT2D eigenvalue weighted by molar-refractivity contribution is 0.112. The lowest BCUT2D eigenvalue weighted by Crippen LogP contribution is -1.91. The zero-order valence-electron chi connectivity index (χ0n) is 12.1. The second kappa shape index (κ2) is 6.90. The zero-order chi connectivity index (χ0) is 14.4. The van der Waals surface area contributed by atoms with Gasteiger partial charge in [0.05, 0.1) is 12.7 Å². The highest BCUT2D eigenvalue weighted by atomic mass is 16.5. The molecule has 2 heteroatoms. The predicted octanol–water partition coefficient (Wildman–Crippen LogP) is 4.52. The Balaban J connectivity index is 2.25. The fourth-order valence-electron chi connectivity index (χ4n) is 2.25. The van der Waals surface area contributed by atoms with Crippen LogP contribution in [-0.2, 0) is 6.42 Å². The van der Waals surface area contributed by atoms with E-state index in [1.807, 2.05) is 18.2 Å². The molecule has 0 heterocycles. The lowest BCUT2D eigenvalue weighted by atomic mass is 10.00. The van der Waals surface area contributed by atoms with Crippen LogP contribution in [0.5, 0.6) is 5.75 Å². The molecule has 0 spiro atoms. The average Bonchev–Trinajstić information content (AvgIpc) is 2.52. The number of carbonyl (C=O) groups excluding carboxylic acids is 1. The number of aldehydes is 1. The van der Waals surface area contributed by atoms with Gasteiger partial charge >= 0.3 is 0 Å². The van der Waals surface area contributed by atoms with E-state index in [9.17, 15) is 4.79 Å². The van der Waals surface area contributed by atoms with Crippen molar-refractivity contribution in [3.05, 3.63) is 53.6 Å². The summed E-state index contributed by atoms with van der Waals surface area (Å²) in [6.07, 6.45) is 4.39. The third-order valence-electron chi connectivity index (χ3n) is 3.46. The first kappa shape index (κ1) is 14.3. The molecule has 0 aliphatic rings. The molecule has 0 amide bonds. The van der Waals surface area contributed by atoms with E-state index in [-0.39, 0.29) is 0 Å². The fourth-order valence-corrected chi connectivity index (χ4v) is 2.25. The van der Waals surface area contributed by atoms with Crippen LogP contribution in [0.15, 0.2) is 42.5 Å². The summed E-state index contributed by atoms with van der Waals surface area (Å²) in [5.74, 6) is 0.614. The number of ether oxygens (including phenoxy) is 1. The molecule has 0 saturated carbocycles. The van der Waals surface area contributed by atoms with Crippen molar-refractivity contribution >= 4 is 6.29 Å². The molecule has 2 aromatic rings. The van der Waals surface area contributed by atoms with Crippen LogP contribution in [0.3, 0.4) is 0 Å². The van der Waals surface area contributed by atoms with Crippen molar-refractivity contribution < 1.29 is 9.53 Å². The number of hydrogen-bond acceptors (Lipinski definition) is 2. The summed E-state index contributed by atoms with van der Waals surface area (Å²) >= 11 is 0. The van der Waals surface area contributed by atoms with Crippen LogP contribution in [0, 0.1) is 0 Å². The van der Waals surface area contributed by atoms with Crippen molar-refractivity contribution in [2.24, 2.45) is 0 Å². The Hall–Kier alpha value is -2.09. The fraction of sp³-hybridized carbons (Fsp3) is 0.278. The number of aryl methyl sites for hydroxylation is 1. The molecule has 0 aliphatic carbocycles. The van der Waals surface area contributed by atoms with Gasteiger partial charge in [0.15, 0.2) is 6.29 Å². The normalized spacial score (nSPS) is 10.3. The lowest BCUT2D eigenvalue weighted by Gasteiger charge is -2.08. The van der Waals surface area contributed by atoms with Gasteiger partial charge in [0.1, 0.15) is 5.75 Å². The van der Waals surface area contributed by atoms with Crippen LogP contribution in [0.1, 0.15) is 35.7 Å². The topological polar surface area (TPSA) is 26.3 Å². The molecule has 0 radical (unpaired) electrons. The Morgan fingerprint density at radius 3 is 2.35 bits per heavy atom. The van der Waals surface area contributed by atoms with Gasteiger partial charge in [-0.05, 0) is 41.7 Å². The van der Waals surface area contributed by atoms with Gasteiger partial charge in [0, 0.05) is 0 Å². The van der Waals surface area contributed by atoms with Crippen LogP contribution >= 0.6 is 0 Å². The molecule has 0 bridgehead atoms. The van der Waals surface area contributed by atoms with E-state index < -0.39 is 0 Å². The van der Waals surface area contributed by atoms with Gasteiger partial charge in [0.25, 0.3) is 0 Å². The summed E-state index contributed by atoms with van der Waals surface area (Å²) in [6, 6.07) is 14.2. The van der Waals surface area contributed by atoms with Gasteiger partial charge in [-0.3, -0.25) is 4.79 Å². The second-order valence-corrected chi connectivity index (χ2v) is 4.88. The van der Waals surface area contributed by atoms with Crippen LogP contribution in [0.25, 0.3) is 11.1 Å². The monoisotopic (exact) mass is 268 g/mol. The third-order valence-corrected chi connectivity index (χ3v) is 3.46. The van der Waals surface area contributed by atoms with E-state index in [4.69, 9.17) is 4.74 Å². The molecule has 0 atom stereocenters. The molecule has 2 aromatic carbocycles. The maximum Gasteiger partial charge on any atom is 0.153 e. The first-order valence-electron chi connectivity index (χ1n) is 7.01. The minimum absolute atomic E-state index is 0.583. The van der Waals surface area contributed by atoms with Crippen molar-refractivity contribution in [3.63, 3.8) is 0 Å². The Kier molecular flexibility index (Phi) is 4.94. The Bertz CT molecular complexity index is 570. The molecular weight excluding hydrogens is 248 g/mol. The third kappa shape index (κ3) is 3.27. The molecule has 0 saturated heterocycles. The maximum atomic E-state index is 11.1. The van der Waals surface area contributed by atoms with Gasteiger partial charge < -0.3 is 4.74 Å². The smallest absolute Gasteiger partial charge is 0.153 e. The van der Waals surface area contributed by atoms with Crippen molar-refractivity contribution in [1.82, 2.24) is 0 Å². The van der Waals surface area contributed by atoms with Crippen molar-refractivity contribution in [2.75, 3.05) is 7.11 Å².